The number of benzene rings is 1. The van der Waals surface area contributed by atoms with Gasteiger partial charge in [0.1, 0.15) is 11.8 Å². The highest BCUT2D eigenvalue weighted by Gasteiger charge is 2.31. The largest absolute Gasteiger partial charge is 0.496 e. The lowest BCUT2D eigenvalue weighted by molar-refractivity contribution is -0.138. The van der Waals surface area contributed by atoms with Gasteiger partial charge in [0.2, 0.25) is 0 Å². The van der Waals surface area contributed by atoms with Gasteiger partial charge in [-0.25, -0.2) is 0 Å². The third kappa shape index (κ3) is 2.75. The minimum atomic E-state index is -0.811. The van der Waals surface area contributed by atoms with Crippen LogP contribution in [-0.4, -0.2) is 30.0 Å². The fourth-order valence-electron chi connectivity index (χ4n) is 1.70. The molecule has 0 unspecified atom stereocenters. The van der Waals surface area contributed by atoms with E-state index in [1.165, 1.54) is 0 Å². The van der Waals surface area contributed by atoms with Crippen molar-refractivity contribution in [1.29, 1.82) is 0 Å². The summed E-state index contributed by atoms with van der Waals surface area (Å²) >= 11 is 4.99. The molecule has 0 radical (unpaired) electrons. The van der Waals surface area contributed by atoms with Crippen molar-refractivity contribution >= 4 is 33.7 Å². The molecule has 1 saturated heterocycles. The van der Waals surface area contributed by atoms with Gasteiger partial charge in [-0.2, -0.15) is 0 Å². The zero-order chi connectivity index (χ0) is 12.4. The van der Waals surface area contributed by atoms with E-state index < -0.39 is 12.0 Å². The highest BCUT2D eigenvalue weighted by Crippen LogP contribution is 2.38. The van der Waals surface area contributed by atoms with Crippen molar-refractivity contribution in [3.63, 3.8) is 0 Å². The number of methoxy groups -OCH3 is 1. The third-order valence-corrected chi connectivity index (χ3v) is 4.30. The van der Waals surface area contributed by atoms with Gasteiger partial charge in [-0.1, -0.05) is 15.9 Å². The molecule has 1 fully saturated rings. The summed E-state index contributed by atoms with van der Waals surface area (Å²) in [5.74, 6) is 0.522. The molecule has 0 aromatic heterocycles. The monoisotopic (exact) mass is 317 g/mol. The predicted octanol–water partition coefficient (Wildman–Crippen LogP) is 2.25. The lowest BCUT2D eigenvalue weighted by atomic mass is 10.2. The molecule has 6 heteroatoms. The van der Waals surface area contributed by atoms with Gasteiger partial charge in [-0.15, -0.1) is 11.8 Å². The zero-order valence-electron chi connectivity index (χ0n) is 9.14. The summed E-state index contributed by atoms with van der Waals surface area (Å²) in [5.41, 5.74) is 0.968. The highest BCUT2D eigenvalue weighted by atomic mass is 79.9. The van der Waals surface area contributed by atoms with Gasteiger partial charge in [0.25, 0.3) is 0 Å². The van der Waals surface area contributed by atoms with E-state index in [1.807, 2.05) is 18.2 Å². The number of carbonyl (C=O) groups is 1. The number of hydrogen-bond acceptors (Lipinski definition) is 4. The average Bonchev–Trinajstić information content (AvgIpc) is 2.78. The first kappa shape index (κ1) is 12.7. The summed E-state index contributed by atoms with van der Waals surface area (Å²) < 4.78 is 6.24. The van der Waals surface area contributed by atoms with Crippen molar-refractivity contribution in [2.45, 2.75) is 11.4 Å². The minimum absolute atomic E-state index is 0.0384. The summed E-state index contributed by atoms with van der Waals surface area (Å²) in [6.07, 6.45) is 0. The quantitative estimate of drug-likeness (QED) is 0.895. The van der Waals surface area contributed by atoms with Gasteiger partial charge >= 0.3 is 5.97 Å². The Morgan fingerprint density at radius 2 is 2.41 bits per heavy atom. The zero-order valence-corrected chi connectivity index (χ0v) is 11.5. The van der Waals surface area contributed by atoms with Gasteiger partial charge in [-0.3, -0.25) is 10.1 Å². The number of nitrogens with one attached hydrogen (secondary N) is 1. The molecule has 0 spiro atoms. The van der Waals surface area contributed by atoms with Gasteiger partial charge in [0.05, 0.1) is 12.5 Å². The molecule has 1 aromatic rings. The number of rotatable bonds is 3. The Balaban J connectivity index is 2.23. The molecule has 0 bridgehead atoms. The molecule has 2 atom stereocenters. The van der Waals surface area contributed by atoms with E-state index in [0.717, 1.165) is 15.8 Å². The SMILES string of the molecule is COc1ccc(Br)cc1[C@H]1N[C@H](C(=O)O)CS1. The maximum atomic E-state index is 10.9. The molecule has 92 valence electrons. The van der Waals surface area contributed by atoms with Crippen LogP contribution in [0.25, 0.3) is 0 Å². The predicted molar refractivity (Wildman–Crippen MR) is 70.5 cm³/mol. The van der Waals surface area contributed by atoms with E-state index in [2.05, 4.69) is 21.2 Å². The van der Waals surface area contributed by atoms with Gasteiger partial charge in [0.15, 0.2) is 0 Å². The van der Waals surface area contributed by atoms with Crippen molar-refractivity contribution in [2.24, 2.45) is 0 Å². The molecular formula is C11H12BrNO3S. The van der Waals surface area contributed by atoms with E-state index in [4.69, 9.17) is 9.84 Å². The van der Waals surface area contributed by atoms with Gasteiger partial charge < -0.3 is 9.84 Å². The van der Waals surface area contributed by atoms with Crippen LogP contribution in [0.5, 0.6) is 5.75 Å². The van der Waals surface area contributed by atoms with Crippen LogP contribution in [0.1, 0.15) is 10.9 Å². The van der Waals surface area contributed by atoms with Crippen LogP contribution in [0.2, 0.25) is 0 Å². The van der Waals surface area contributed by atoms with E-state index in [-0.39, 0.29) is 5.37 Å². The Morgan fingerprint density at radius 3 is 3.00 bits per heavy atom. The first-order chi connectivity index (χ1) is 8.11. The fourth-order valence-corrected chi connectivity index (χ4v) is 3.33. The van der Waals surface area contributed by atoms with Crippen molar-refractivity contribution < 1.29 is 14.6 Å². The second-order valence-electron chi connectivity index (χ2n) is 3.66. The Labute approximate surface area is 112 Å². The van der Waals surface area contributed by atoms with Crippen LogP contribution in [-0.2, 0) is 4.79 Å². The van der Waals surface area contributed by atoms with Crippen molar-refractivity contribution in [2.75, 3.05) is 12.9 Å². The molecule has 0 saturated carbocycles. The van der Waals surface area contributed by atoms with Crippen LogP contribution < -0.4 is 10.1 Å². The van der Waals surface area contributed by atoms with E-state index >= 15 is 0 Å². The maximum Gasteiger partial charge on any atom is 0.321 e. The Hall–Kier alpha value is -0.720. The third-order valence-electron chi connectivity index (χ3n) is 2.55. The molecule has 2 rings (SSSR count). The smallest absolute Gasteiger partial charge is 0.321 e. The first-order valence-electron chi connectivity index (χ1n) is 5.05. The lowest BCUT2D eigenvalue weighted by Crippen LogP contribution is -2.33. The van der Waals surface area contributed by atoms with Crippen LogP contribution in [0.4, 0.5) is 0 Å². The summed E-state index contributed by atoms with van der Waals surface area (Å²) in [5, 5.41) is 12.0. The fraction of sp³-hybridized carbons (Fsp3) is 0.364. The topological polar surface area (TPSA) is 58.6 Å². The number of carboxylic acids is 1. The minimum Gasteiger partial charge on any atom is -0.496 e. The summed E-state index contributed by atoms with van der Waals surface area (Å²) in [7, 11) is 1.61. The van der Waals surface area contributed by atoms with E-state index in [9.17, 15) is 4.79 Å². The molecule has 17 heavy (non-hydrogen) atoms. The molecule has 2 N–H and O–H groups in total. The summed E-state index contributed by atoms with van der Waals surface area (Å²) in [4.78, 5) is 10.9. The van der Waals surface area contributed by atoms with Crippen LogP contribution in [0.3, 0.4) is 0 Å². The van der Waals surface area contributed by atoms with Crippen LogP contribution in [0.15, 0.2) is 22.7 Å². The van der Waals surface area contributed by atoms with E-state index in [0.29, 0.717) is 5.75 Å². The van der Waals surface area contributed by atoms with E-state index in [1.54, 1.807) is 18.9 Å². The van der Waals surface area contributed by atoms with Crippen molar-refractivity contribution in [1.82, 2.24) is 5.32 Å². The van der Waals surface area contributed by atoms with Crippen LogP contribution in [0, 0.1) is 0 Å². The normalized spacial score (nSPS) is 23.6. The standard InChI is InChI=1S/C11H12BrNO3S/c1-16-9-3-2-6(12)4-7(9)10-13-8(5-17-10)11(14)15/h2-4,8,10,13H,5H2,1H3,(H,14,15)/t8-,10-/m0/s1. The number of hydrogen-bond donors (Lipinski definition) is 2. The molecule has 4 nitrogen and oxygen atoms in total. The molecule has 0 aliphatic carbocycles. The highest BCUT2D eigenvalue weighted by molar-refractivity contribution is 9.10. The van der Waals surface area contributed by atoms with Crippen LogP contribution >= 0.6 is 27.7 Å². The van der Waals surface area contributed by atoms with Gasteiger partial charge in [-0.05, 0) is 18.2 Å². The van der Waals surface area contributed by atoms with Crippen molar-refractivity contribution in [3.8, 4) is 5.75 Å². The second kappa shape index (κ2) is 5.29. The molecular weight excluding hydrogens is 306 g/mol. The molecule has 1 heterocycles. The number of halogens is 1. The summed E-state index contributed by atoms with van der Waals surface area (Å²) in [6, 6.07) is 5.23. The molecule has 1 aromatic carbocycles. The molecule has 0 amide bonds. The second-order valence-corrected chi connectivity index (χ2v) is 5.71. The number of carboxylic acid groups (broad SMARTS) is 1. The number of thioether (sulfide) groups is 1. The molecule has 1 aliphatic rings. The maximum absolute atomic E-state index is 10.9. The lowest BCUT2D eigenvalue weighted by Gasteiger charge is -2.15. The van der Waals surface area contributed by atoms with Gasteiger partial charge in [0, 0.05) is 15.8 Å². The van der Waals surface area contributed by atoms with Crippen molar-refractivity contribution in [3.05, 3.63) is 28.2 Å². The Bertz CT molecular complexity index is 441. The molecule has 1 aliphatic heterocycles. The average molecular weight is 318 g/mol. The first-order valence-corrected chi connectivity index (χ1v) is 6.90. The number of ether oxygens (including phenoxy) is 1. The summed E-state index contributed by atoms with van der Waals surface area (Å²) in [6.45, 7) is 0. The Morgan fingerprint density at radius 1 is 1.65 bits per heavy atom. The Kier molecular flexibility index (Phi) is 3.96. The number of aliphatic carboxylic acids is 1.